The maximum atomic E-state index is 11.4. The van der Waals surface area contributed by atoms with E-state index in [1.807, 2.05) is 4.90 Å². The zero-order valence-corrected chi connectivity index (χ0v) is 9.34. The molecular weight excluding hydrogens is 174 g/mol. The third-order valence-electron chi connectivity index (χ3n) is 2.61. The van der Waals surface area contributed by atoms with Crippen molar-refractivity contribution in [3.8, 4) is 11.8 Å². The summed E-state index contributed by atoms with van der Waals surface area (Å²) in [6.45, 7) is 7.98. The van der Waals surface area contributed by atoms with Crippen LogP contribution in [0, 0.1) is 23.7 Å². The van der Waals surface area contributed by atoms with Crippen LogP contribution in [0.15, 0.2) is 0 Å². The first-order valence-electron chi connectivity index (χ1n) is 5.35. The van der Waals surface area contributed by atoms with E-state index in [1.54, 1.807) is 6.92 Å². The second-order valence-electron chi connectivity index (χ2n) is 4.41. The molecule has 0 aromatic rings. The van der Waals surface area contributed by atoms with Crippen LogP contribution in [0.3, 0.4) is 0 Å². The Labute approximate surface area is 86.7 Å². The molecule has 1 fully saturated rings. The summed E-state index contributed by atoms with van der Waals surface area (Å²) in [5, 5.41) is 0. The topological polar surface area (TPSA) is 20.3 Å². The molecule has 1 amide bonds. The lowest BCUT2D eigenvalue weighted by molar-refractivity contribution is -0.124. The van der Waals surface area contributed by atoms with Gasteiger partial charge in [-0.3, -0.25) is 4.79 Å². The third kappa shape index (κ3) is 3.06. The van der Waals surface area contributed by atoms with Crippen molar-refractivity contribution >= 4 is 5.91 Å². The van der Waals surface area contributed by atoms with Gasteiger partial charge >= 0.3 is 0 Å². The number of carbonyl (C=O) groups is 1. The predicted molar refractivity (Wildman–Crippen MR) is 57.6 cm³/mol. The zero-order valence-electron chi connectivity index (χ0n) is 9.34. The van der Waals surface area contributed by atoms with Crippen LogP contribution in [-0.4, -0.2) is 23.9 Å². The fraction of sp³-hybridized carbons (Fsp3) is 0.750. The predicted octanol–water partition coefficient (Wildman–Crippen LogP) is 1.90. The fourth-order valence-corrected chi connectivity index (χ4v) is 2.06. The summed E-state index contributed by atoms with van der Waals surface area (Å²) in [4.78, 5) is 13.3. The van der Waals surface area contributed by atoms with E-state index in [9.17, 15) is 4.79 Å². The molecule has 0 aromatic heterocycles. The molecule has 14 heavy (non-hydrogen) atoms. The second kappa shape index (κ2) is 5.05. The lowest BCUT2D eigenvalue weighted by atomic mass is 9.97. The monoisotopic (exact) mass is 193 g/mol. The summed E-state index contributed by atoms with van der Waals surface area (Å²) < 4.78 is 0. The highest BCUT2D eigenvalue weighted by molar-refractivity contribution is 5.93. The normalized spacial score (nSPS) is 20.9. The number of rotatable bonds is 2. The van der Waals surface area contributed by atoms with Crippen molar-refractivity contribution in [2.45, 2.75) is 33.6 Å². The lowest BCUT2D eigenvalue weighted by Gasteiger charge is -2.14. The first kappa shape index (κ1) is 11.1. The van der Waals surface area contributed by atoms with Crippen LogP contribution in [0.2, 0.25) is 0 Å². The fourth-order valence-electron chi connectivity index (χ4n) is 2.06. The Hall–Kier alpha value is -0.970. The minimum Gasteiger partial charge on any atom is -0.332 e. The molecule has 0 N–H and O–H groups in total. The minimum atomic E-state index is -0.00115. The van der Waals surface area contributed by atoms with Gasteiger partial charge in [-0.05, 0) is 37.5 Å². The molecule has 0 aliphatic carbocycles. The largest absolute Gasteiger partial charge is 0.332 e. The molecule has 2 heteroatoms. The average Bonchev–Trinajstić information content (AvgIpc) is 2.52. The molecule has 1 heterocycles. The van der Waals surface area contributed by atoms with Crippen molar-refractivity contribution in [3.05, 3.63) is 0 Å². The molecule has 1 aliphatic rings. The minimum absolute atomic E-state index is 0.00115. The Bertz CT molecular complexity index is 259. The van der Waals surface area contributed by atoms with E-state index in [-0.39, 0.29) is 5.91 Å². The summed E-state index contributed by atoms with van der Waals surface area (Å²) >= 11 is 0. The highest BCUT2D eigenvalue weighted by Crippen LogP contribution is 2.22. The van der Waals surface area contributed by atoms with Gasteiger partial charge in [0.25, 0.3) is 5.91 Å². The van der Waals surface area contributed by atoms with Gasteiger partial charge in [0.05, 0.1) is 0 Å². The number of hydrogen-bond donors (Lipinski definition) is 0. The van der Waals surface area contributed by atoms with E-state index in [2.05, 4.69) is 25.7 Å². The number of nitrogens with zero attached hydrogens (tertiary/aromatic N) is 1. The van der Waals surface area contributed by atoms with Gasteiger partial charge in [-0.15, -0.1) is 0 Å². The summed E-state index contributed by atoms with van der Waals surface area (Å²) in [7, 11) is 0. The van der Waals surface area contributed by atoms with Crippen molar-refractivity contribution in [1.29, 1.82) is 0 Å². The van der Waals surface area contributed by atoms with Crippen LogP contribution in [0.5, 0.6) is 0 Å². The highest BCUT2D eigenvalue weighted by Gasteiger charge is 2.25. The molecule has 0 aromatic carbocycles. The van der Waals surface area contributed by atoms with Crippen molar-refractivity contribution < 1.29 is 4.79 Å². The molecule has 78 valence electrons. The first-order valence-corrected chi connectivity index (χ1v) is 5.35. The van der Waals surface area contributed by atoms with Gasteiger partial charge in [0.15, 0.2) is 0 Å². The molecule has 2 nitrogen and oxygen atoms in total. The van der Waals surface area contributed by atoms with Gasteiger partial charge in [0.1, 0.15) is 0 Å². The molecule has 1 unspecified atom stereocenters. The first-order chi connectivity index (χ1) is 6.63. The van der Waals surface area contributed by atoms with Crippen LogP contribution in [0.25, 0.3) is 0 Å². The van der Waals surface area contributed by atoms with E-state index in [0.717, 1.165) is 25.4 Å². The Morgan fingerprint density at radius 3 is 2.86 bits per heavy atom. The zero-order chi connectivity index (χ0) is 10.6. The summed E-state index contributed by atoms with van der Waals surface area (Å²) in [5.74, 6) is 6.68. The number of hydrogen-bond acceptors (Lipinski definition) is 1. The van der Waals surface area contributed by atoms with Crippen molar-refractivity contribution in [3.63, 3.8) is 0 Å². The molecule has 0 saturated carbocycles. The number of carbonyl (C=O) groups excluding carboxylic acids is 1. The van der Waals surface area contributed by atoms with E-state index in [1.165, 1.54) is 6.42 Å². The molecule has 1 aliphatic heterocycles. The van der Waals surface area contributed by atoms with Gasteiger partial charge in [0.2, 0.25) is 0 Å². The standard InChI is InChI=1S/C12H19NO/c1-4-5-12(14)13-7-6-11(9-13)8-10(2)3/h10-11H,6-9H2,1-3H3. The SMILES string of the molecule is CC#CC(=O)N1CCC(CC(C)C)C1. The van der Waals surface area contributed by atoms with E-state index in [4.69, 9.17) is 0 Å². The Morgan fingerprint density at radius 1 is 1.57 bits per heavy atom. The van der Waals surface area contributed by atoms with E-state index >= 15 is 0 Å². The van der Waals surface area contributed by atoms with Crippen molar-refractivity contribution in [1.82, 2.24) is 4.90 Å². The molecule has 0 bridgehead atoms. The maximum absolute atomic E-state index is 11.4. The van der Waals surface area contributed by atoms with Gasteiger partial charge in [-0.1, -0.05) is 19.8 Å². The maximum Gasteiger partial charge on any atom is 0.298 e. The van der Waals surface area contributed by atoms with Gasteiger partial charge in [-0.25, -0.2) is 0 Å². The Morgan fingerprint density at radius 2 is 2.29 bits per heavy atom. The number of amides is 1. The van der Waals surface area contributed by atoms with Gasteiger partial charge in [-0.2, -0.15) is 0 Å². The summed E-state index contributed by atoms with van der Waals surface area (Å²) in [6, 6.07) is 0. The van der Waals surface area contributed by atoms with Crippen LogP contribution >= 0.6 is 0 Å². The van der Waals surface area contributed by atoms with Gasteiger partial charge in [0, 0.05) is 13.1 Å². The van der Waals surface area contributed by atoms with E-state index < -0.39 is 0 Å². The lowest BCUT2D eigenvalue weighted by Crippen LogP contribution is -2.27. The molecule has 0 spiro atoms. The Kier molecular flexibility index (Phi) is 4.00. The van der Waals surface area contributed by atoms with Crippen LogP contribution < -0.4 is 0 Å². The quantitative estimate of drug-likeness (QED) is 0.613. The molecule has 1 rings (SSSR count). The van der Waals surface area contributed by atoms with Crippen LogP contribution in [-0.2, 0) is 4.79 Å². The van der Waals surface area contributed by atoms with Crippen molar-refractivity contribution in [2.24, 2.45) is 11.8 Å². The van der Waals surface area contributed by atoms with Gasteiger partial charge < -0.3 is 4.90 Å². The van der Waals surface area contributed by atoms with Crippen LogP contribution in [0.1, 0.15) is 33.6 Å². The summed E-state index contributed by atoms with van der Waals surface area (Å²) in [5.41, 5.74) is 0. The van der Waals surface area contributed by atoms with E-state index in [0.29, 0.717) is 5.92 Å². The second-order valence-corrected chi connectivity index (χ2v) is 4.41. The average molecular weight is 193 g/mol. The Balaban J connectivity index is 2.39. The highest BCUT2D eigenvalue weighted by atomic mass is 16.2. The molecule has 1 saturated heterocycles. The van der Waals surface area contributed by atoms with Crippen LogP contribution in [0.4, 0.5) is 0 Å². The molecular formula is C12H19NO. The smallest absolute Gasteiger partial charge is 0.298 e. The third-order valence-corrected chi connectivity index (χ3v) is 2.61. The number of likely N-dealkylation sites (tertiary alicyclic amines) is 1. The molecule has 0 radical (unpaired) electrons. The van der Waals surface area contributed by atoms with Crippen molar-refractivity contribution in [2.75, 3.05) is 13.1 Å². The summed E-state index contributed by atoms with van der Waals surface area (Å²) in [6.07, 6.45) is 2.37. The molecule has 1 atom stereocenters.